The van der Waals surface area contributed by atoms with Gasteiger partial charge in [-0.05, 0) is 67.0 Å². The monoisotopic (exact) mass is 380 g/mol. The highest BCUT2D eigenvalue weighted by atomic mass is 16.5. The molecule has 2 aromatic carbocycles. The number of hydrogen-bond acceptors (Lipinski definition) is 3. The molecule has 0 aromatic heterocycles. The minimum absolute atomic E-state index is 0.236. The quantitative estimate of drug-likeness (QED) is 0.802. The van der Waals surface area contributed by atoms with E-state index in [0.29, 0.717) is 17.9 Å². The zero-order valence-electron chi connectivity index (χ0n) is 16.4. The van der Waals surface area contributed by atoms with Crippen LogP contribution in [0.25, 0.3) is 0 Å². The number of nitrogens with two attached hydrogens (primary N) is 1. The summed E-state index contributed by atoms with van der Waals surface area (Å²) in [5, 5.41) is 0. The molecule has 1 aliphatic rings. The molecule has 2 N–H and O–H groups in total. The van der Waals surface area contributed by atoms with Gasteiger partial charge in [0, 0.05) is 25.1 Å². The molecule has 0 unspecified atom stereocenters. The summed E-state index contributed by atoms with van der Waals surface area (Å²) in [6.45, 7) is 1.65. The summed E-state index contributed by atoms with van der Waals surface area (Å²) >= 11 is 0. The molecule has 3 rings (SSSR count). The summed E-state index contributed by atoms with van der Waals surface area (Å²) in [6.07, 6.45) is 4.32. The number of benzene rings is 2. The van der Waals surface area contributed by atoms with Crippen molar-refractivity contribution in [3.8, 4) is 5.75 Å². The van der Waals surface area contributed by atoms with E-state index in [4.69, 9.17) is 10.5 Å². The molecule has 0 radical (unpaired) electrons. The fourth-order valence-electron chi connectivity index (χ4n) is 3.73. The van der Waals surface area contributed by atoms with Gasteiger partial charge in [-0.3, -0.25) is 9.59 Å². The number of ether oxygens (including phenoxy) is 1. The van der Waals surface area contributed by atoms with Gasteiger partial charge in [-0.25, -0.2) is 0 Å². The Morgan fingerprint density at radius 1 is 1.00 bits per heavy atom. The van der Waals surface area contributed by atoms with Crippen LogP contribution in [0.15, 0.2) is 48.5 Å². The molecule has 0 saturated carbocycles. The number of piperidine rings is 1. The number of primary amides is 1. The number of amides is 2. The van der Waals surface area contributed by atoms with Crippen molar-refractivity contribution in [2.24, 2.45) is 11.7 Å². The molecule has 1 heterocycles. The van der Waals surface area contributed by atoms with Crippen LogP contribution < -0.4 is 10.5 Å². The largest absolute Gasteiger partial charge is 0.497 e. The zero-order chi connectivity index (χ0) is 19.9. The summed E-state index contributed by atoms with van der Waals surface area (Å²) in [7, 11) is 1.65. The van der Waals surface area contributed by atoms with Gasteiger partial charge in [-0.2, -0.15) is 0 Å². The van der Waals surface area contributed by atoms with Gasteiger partial charge in [0.2, 0.25) is 11.8 Å². The van der Waals surface area contributed by atoms with Crippen LogP contribution in [0.2, 0.25) is 0 Å². The molecule has 0 aliphatic carbocycles. The van der Waals surface area contributed by atoms with Crippen molar-refractivity contribution >= 4 is 11.8 Å². The van der Waals surface area contributed by atoms with Gasteiger partial charge in [-0.15, -0.1) is 0 Å². The number of methoxy groups -OCH3 is 1. The lowest BCUT2D eigenvalue weighted by molar-refractivity contribution is -0.132. The Bertz CT molecular complexity index is 792. The van der Waals surface area contributed by atoms with Gasteiger partial charge in [-0.1, -0.05) is 24.3 Å². The molecule has 1 aliphatic heterocycles. The maximum atomic E-state index is 12.5. The third kappa shape index (κ3) is 5.35. The number of carbonyl (C=O) groups excluding carboxylic acids is 2. The molecule has 2 aromatic rings. The first-order valence-corrected chi connectivity index (χ1v) is 9.84. The molecule has 5 nitrogen and oxygen atoms in total. The van der Waals surface area contributed by atoms with Gasteiger partial charge in [0.05, 0.1) is 7.11 Å². The van der Waals surface area contributed by atoms with E-state index in [9.17, 15) is 9.59 Å². The lowest BCUT2D eigenvalue weighted by atomic mass is 9.89. The van der Waals surface area contributed by atoms with Crippen molar-refractivity contribution in [2.45, 2.75) is 32.1 Å². The predicted octanol–water partition coefficient (Wildman–Crippen LogP) is 3.21. The lowest BCUT2D eigenvalue weighted by Gasteiger charge is -2.32. The number of aryl methyl sites for hydroxylation is 1. The SMILES string of the molecule is COc1ccc(CCC(=O)N2CCC(Cc3ccc(C(N)=O)cc3)CC2)cc1. The highest BCUT2D eigenvalue weighted by molar-refractivity contribution is 5.92. The van der Waals surface area contributed by atoms with Gasteiger partial charge in [0.1, 0.15) is 5.75 Å². The molecule has 0 atom stereocenters. The van der Waals surface area contributed by atoms with E-state index in [2.05, 4.69) is 0 Å². The van der Waals surface area contributed by atoms with Gasteiger partial charge < -0.3 is 15.4 Å². The minimum Gasteiger partial charge on any atom is -0.497 e. The molecule has 28 heavy (non-hydrogen) atoms. The maximum Gasteiger partial charge on any atom is 0.248 e. The van der Waals surface area contributed by atoms with Crippen LogP contribution in [-0.2, 0) is 17.6 Å². The molecule has 2 amide bonds. The fraction of sp³-hybridized carbons (Fsp3) is 0.391. The van der Waals surface area contributed by atoms with Crippen LogP contribution in [0.3, 0.4) is 0 Å². The first-order valence-electron chi connectivity index (χ1n) is 9.84. The summed E-state index contributed by atoms with van der Waals surface area (Å²) in [5.41, 5.74) is 8.20. The van der Waals surface area contributed by atoms with Crippen molar-refractivity contribution in [3.63, 3.8) is 0 Å². The minimum atomic E-state index is -0.395. The van der Waals surface area contributed by atoms with E-state index in [0.717, 1.165) is 50.1 Å². The van der Waals surface area contributed by atoms with Gasteiger partial charge >= 0.3 is 0 Å². The maximum absolute atomic E-state index is 12.5. The van der Waals surface area contributed by atoms with Crippen LogP contribution in [0.5, 0.6) is 5.75 Å². The third-order valence-corrected chi connectivity index (χ3v) is 5.52. The second-order valence-electron chi connectivity index (χ2n) is 7.44. The normalized spacial score (nSPS) is 14.7. The second kappa shape index (κ2) is 9.40. The van der Waals surface area contributed by atoms with Crippen molar-refractivity contribution in [1.29, 1.82) is 0 Å². The van der Waals surface area contributed by atoms with Gasteiger partial charge in [0.25, 0.3) is 0 Å². The van der Waals surface area contributed by atoms with E-state index in [1.165, 1.54) is 5.56 Å². The number of carbonyl (C=O) groups is 2. The summed E-state index contributed by atoms with van der Waals surface area (Å²) in [4.78, 5) is 25.7. The van der Waals surface area contributed by atoms with Crippen molar-refractivity contribution in [1.82, 2.24) is 4.90 Å². The average molecular weight is 380 g/mol. The van der Waals surface area contributed by atoms with Crippen LogP contribution in [0.4, 0.5) is 0 Å². The van der Waals surface area contributed by atoms with Crippen molar-refractivity contribution in [2.75, 3.05) is 20.2 Å². The smallest absolute Gasteiger partial charge is 0.248 e. The van der Waals surface area contributed by atoms with Crippen LogP contribution in [-0.4, -0.2) is 36.9 Å². The number of nitrogens with zero attached hydrogens (tertiary/aromatic N) is 1. The Morgan fingerprint density at radius 2 is 1.61 bits per heavy atom. The zero-order valence-corrected chi connectivity index (χ0v) is 16.4. The number of hydrogen-bond donors (Lipinski definition) is 1. The Kier molecular flexibility index (Phi) is 6.69. The Balaban J connectivity index is 1.42. The Hall–Kier alpha value is -2.82. The molecule has 1 fully saturated rings. The topological polar surface area (TPSA) is 72.6 Å². The molecular weight excluding hydrogens is 352 g/mol. The summed E-state index contributed by atoms with van der Waals surface area (Å²) < 4.78 is 5.16. The van der Waals surface area contributed by atoms with Crippen LogP contribution in [0.1, 0.15) is 40.7 Å². The predicted molar refractivity (Wildman–Crippen MR) is 109 cm³/mol. The first kappa shape index (κ1) is 19.9. The average Bonchev–Trinajstić information content (AvgIpc) is 2.73. The standard InChI is InChI=1S/C23H28N2O3/c1-28-21-9-4-17(5-10-21)6-11-22(26)25-14-12-19(13-15-25)16-18-2-7-20(8-3-18)23(24)27/h2-5,7-10,19H,6,11-16H2,1H3,(H2,24,27). The van der Waals surface area contributed by atoms with E-state index in [1.807, 2.05) is 41.3 Å². The highest BCUT2D eigenvalue weighted by Gasteiger charge is 2.22. The Morgan fingerprint density at radius 3 is 2.18 bits per heavy atom. The number of likely N-dealkylation sites (tertiary alicyclic amines) is 1. The molecule has 0 bridgehead atoms. The molecule has 1 saturated heterocycles. The van der Waals surface area contributed by atoms with E-state index >= 15 is 0 Å². The Labute approximate surface area is 166 Å². The number of rotatable bonds is 7. The van der Waals surface area contributed by atoms with E-state index in [-0.39, 0.29) is 5.91 Å². The van der Waals surface area contributed by atoms with Gasteiger partial charge in [0.15, 0.2) is 0 Å². The fourth-order valence-corrected chi connectivity index (χ4v) is 3.73. The molecular formula is C23H28N2O3. The summed E-state index contributed by atoms with van der Waals surface area (Å²) in [6, 6.07) is 15.4. The molecule has 0 spiro atoms. The molecule has 148 valence electrons. The van der Waals surface area contributed by atoms with Crippen LogP contribution >= 0.6 is 0 Å². The van der Waals surface area contributed by atoms with Crippen molar-refractivity contribution in [3.05, 3.63) is 65.2 Å². The molecule has 5 heteroatoms. The third-order valence-electron chi connectivity index (χ3n) is 5.52. The van der Waals surface area contributed by atoms with E-state index < -0.39 is 5.91 Å². The second-order valence-corrected chi connectivity index (χ2v) is 7.44. The highest BCUT2D eigenvalue weighted by Crippen LogP contribution is 2.23. The van der Waals surface area contributed by atoms with E-state index in [1.54, 1.807) is 19.2 Å². The van der Waals surface area contributed by atoms with Crippen LogP contribution in [0, 0.1) is 5.92 Å². The first-order chi connectivity index (χ1) is 13.5. The summed E-state index contributed by atoms with van der Waals surface area (Å²) in [5.74, 6) is 1.25. The van der Waals surface area contributed by atoms with Crippen molar-refractivity contribution < 1.29 is 14.3 Å². The lowest BCUT2D eigenvalue weighted by Crippen LogP contribution is -2.39.